The van der Waals surface area contributed by atoms with Crippen LogP contribution in [0.4, 0.5) is 5.13 Å². The summed E-state index contributed by atoms with van der Waals surface area (Å²) in [5.41, 5.74) is 2.92. The van der Waals surface area contributed by atoms with Crippen molar-refractivity contribution in [3.8, 4) is 0 Å². The van der Waals surface area contributed by atoms with Crippen LogP contribution in [0, 0.1) is 6.92 Å². The fourth-order valence-corrected chi connectivity index (χ4v) is 4.92. The maximum atomic E-state index is 13.5. The second-order valence-corrected chi connectivity index (χ2v) is 9.33. The van der Waals surface area contributed by atoms with Gasteiger partial charge in [0.25, 0.3) is 5.91 Å². The molecule has 0 N–H and O–H groups in total. The van der Waals surface area contributed by atoms with Gasteiger partial charge >= 0.3 is 0 Å². The van der Waals surface area contributed by atoms with Crippen molar-refractivity contribution < 1.29 is 4.79 Å². The molecule has 0 fully saturated rings. The number of anilines is 1. The summed E-state index contributed by atoms with van der Waals surface area (Å²) in [7, 11) is 4.11. The molecule has 0 unspecified atom stereocenters. The number of hydrogen-bond donors (Lipinski definition) is 0. The van der Waals surface area contributed by atoms with E-state index in [9.17, 15) is 4.79 Å². The summed E-state index contributed by atoms with van der Waals surface area (Å²) in [5.74, 6) is 0.969. The van der Waals surface area contributed by atoms with Gasteiger partial charge < -0.3 is 4.90 Å². The minimum absolute atomic E-state index is 0.0334. The van der Waals surface area contributed by atoms with Gasteiger partial charge in [-0.05, 0) is 69.6 Å². The number of thiazole rings is 1. The molecule has 148 valence electrons. The molecular formula is C22H27N3OS2. The largest absolute Gasteiger partial charge is 0.309 e. The lowest BCUT2D eigenvalue weighted by Crippen LogP contribution is -2.33. The van der Waals surface area contributed by atoms with Gasteiger partial charge in [0, 0.05) is 11.4 Å². The topological polar surface area (TPSA) is 36.4 Å². The summed E-state index contributed by atoms with van der Waals surface area (Å²) in [6.45, 7) is 5.77. The highest BCUT2D eigenvalue weighted by Crippen LogP contribution is 2.32. The number of aromatic nitrogens is 1. The number of benzene rings is 2. The summed E-state index contributed by atoms with van der Waals surface area (Å²) >= 11 is 3.30. The molecule has 0 bridgehead atoms. The number of nitrogens with zero attached hydrogens (tertiary/aromatic N) is 3. The molecule has 2 aromatic carbocycles. The van der Waals surface area contributed by atoms with Gasteiger partial charge in [-0.15, -0.1) is 11.8 Å². The van der Waals surface area contributed by atoms with Crippen LogP contribution in [-0.2, 0) is 0 Å². The average molecular weight is 414 g/mol. The van der Waals surface area contributed by atoms with Crippen LogP contribution in [-0.4, -0.2) is 48.7 Å². The lowest BCUT2D eigenvalue weighted by molar-refractivity contribution is 0.0983. The summed E-state index contributed by atoms with van der Waals surface area (Å²) in [4.78, 5) is 23.3. The average Bonchev–Trinajstić information content (AvgIpc) is 3.08. The van der Waals surface area contributed by atoms with Gasteiger partial charge in [-0.1, -0.05) is 36.5 Å². The minimum atomic E-state index is 0.0334. The Labute approximate surface area is 175 Å². The van der Waals surface area contributed by atoms with E-state index >= 15 is 0 Å². The van der Waals surface area contributed by atoms with Crippen molar-refractivity contribution in [2.75, 3.05) is 37.8 Å². The Balaban J connectivity index is 1.97. The first-order valence-electron chi connectivity index (χ1n) is 9.55. The third kappa shape index (κ3) is 4.93. The van der Waals surface area contributed by atoms with E-state index in [4.69, 9.17) is 4.98 Å². The van der Waals surface area contributed by atoms with E-state index in [0.29, 0.717) is 6.54 Å². The van der Waals surface area contributed by atoms with Crippen LogP contribution in [0.3, 0.4) is 0 Å². The molecule has 0 spiro atoms. The van der Waals surface area contributed by atoms with E-state index in [1.807, 2.05) is 35.2 Å². The maximum absolute atomic E-state index is 13.5. The minimum Gasteiger partial charge on any atom is -0.309 e. The van der Waals surface area contributed by atoms with E-state index in [1.165, 1.54) is 5.56 Å². The van der Waals surface area contributed by atoms with E-state index in [-0.39, 0.29) is 5.91 Å². The summed E-state index contributed by atoms with van der Waals surface area (Å²) in [5, 5.41) is 0.778. The molecule has 0 saturated heterocycles. The fourth-order valence-electron chi connectivity index (χ4n) is 3.03. The Morgan fingerprint density at radius 1 is 1.14 bits per heavy atom. The molecule has 6 heteroatoms. The van der Waals surface area contributed by atoms with Gasteiger partial charge in [-0.25, -0.2) is 4.98 Å². The Morgan fingerprint density at radius 2 is 1.93 bits per heavy atom. The molecule has 0 atom stereocenters. The number of aryl methyl sites for hydroxylation is 1. The zero-order valence-electron chi connectivity index (χ0n) is 16.9. The summed E-state index contributed by atoms with van der Waals surface area (Å²) < 4.78 is 1.12. The highest BCUT2D eigenvalue weighted by Gasteiger charge is 2.23. The third-order valence-corrected chi connectivity index (χ3v) is 6.41. The van der Waals surface area contributed by atoms with Crippen molar-refractivity contribution >= 4 is 44.4 Å². The first-order chi connectivity index (χ1) is 13.5. The normalized spacial score (nSPS) is 11.3. The third-order valence-electron chi connectivity index (χ3n) is 4.41. The molecule has 3 aromatic rings. The van der Waals surface area contributed by atoms with Gasteiger partial charge in [0.05, 0.1) is 15.8 Å². The van der Waals surface area contributed by atoms with Crippen molar-refractivity contribution in [2.24, 2.45) is 0 Å². The molecule has 1 amide bonds. The number of carbonyl (C=O) groups excluding carboxylic acids is 1. The summed E-state index contributed by atoms with van der Waals surface area (Å²) in [6, 6.07) is 14.1. The monoisotopic (exact) mass is 413 g/mol. The van der Waals surface area contributed by atoms with Gasteiger partial charge in [0.2, 0.25) is 0 Å². The number of fused-ring (bicyclic) bond motifs is 1. The van der Waals surface area contributed by atoms with E-state index in [0.717, 1.165) is 44.5 Å². The molecule has 28 heavy (non-hydrogen) atoms. The smallest absolute Gasteiger partial charge is 0.261 e. The highest BCUT2D eigenvalue weighted by molar-refractivity contribution is 7.99. The van der Waals surface area contributed by atoms with Gasteiger partial charge in [-0.2, -0.15) is 0 Å². The maximum Gasteiger partial charge on any atom is 0.261 e. The van der Waals surface area contributed by atoms with Crippen LogP contribution in [0.2, 0.25) is 0 Å². The molecule has 1 aromatic heterocycles. The quantitative estimate of drug-likeness (QED) is 0.469. The van der Waals surface area contributed by atoms with Crippen molar-refractivity contribution in [1.82, 2.24) is 9.88 Å². The molecule has 1 heterocycles. The van der Waals surface area contributed by atoms with Crippen molar-refractivity contribution in [1.29, 1.82) is 0 Å². The predicted molar refractivity (Wildman–Crippen MR) is 122 cm³/mol. The lowest BCUT2D eigenvalue weighted by atomic mass is 10.2. The molecule has 3 rings (SSSR count). The first kappa shape index (κ1) is 20.8. The lowest BCUT2D eigenvalue weighted by Gasteiger charge is -2.22. The van der Waals surface area contributed by atoms with Crippen LogP contribution in [0.15, 0.2) is 47.4 Å². The second kappa shape index (κ2) is 9.54. The van der Waals surface area contributed by atoms with Gasteiger partial charge in [0.15, 0.2) is 5.13 Å². The molecular weight excluding hydrogens is 386 g/mol. The first-order valence-corrected chi connectivity index (χ1v) is 11.4. The number of thioether (sulfide) groups is 1. The van der Waals surface area contributed by atoms with Crippen molar-refractivity contribution in [3.63, 3.8) is 0 Å². The molecule has 0 aliphatic rings. The number of hydrogen-bond acceptors (Lipinski definition) is 5. The van der Waals surface area contributed by atoms with E-state index < -0.39 is 0 Å². The van der Waals surface area contributed by atoms with Crippen molar-refractivity contribution in [3.05, 3.63) is 53.6 Å². The molecule has 0 saturated carbocycles. The van der Waals surface area contributed by atoms with Crippen LogP contribution < -0.4 is 4.90 Å². The van der Waals surface area contributed by atoms with Crippen molar-refractivity contribution in [2.45, 2.75) is 25.2 Å². The second-order valence-electron chi connectivity index (χ2n) is 7.01. The number of rotatable bonds is 8. The van der Waals surface area contributed by atoms with Gasteiger partial charge in [-0.3, -0.25) is 9.69 Å². The standard InChI is InChI=1S/C22H27N3OS2/c1-5-27-19-10-7-6-9-17(19)21(26)25(14-8-13-24(3)4)22-23-18-12-11-16(2)15-20(18)28-22/h6-7,9-12,15H,5,8,13-14H2,1-4H3. The Hall–Kier alpha value is -1.89. The predicted octanol–water partition coefficient (Wildman–Crippen LogP) is 5.32. The molecule has 4 nitrogen and oxygen atoms in total. The number of carbonyl (C=O) groups is 1. The zero-order valence-corrected chi connectivity index (χ0v) is 18.6. The summed E-state index contributed by atoms with van der Waals surface area (Å²) in [6.07, 6.45) is 0.900. The van der Waals surface area contributed by atoms with Crippen LogP contribution in [0.25, 0.3) is 10.2 Å². The SMILES string of the molecule is CCSc1ccccc1C(=O)N(CCCN(C)C)c1nc2ccc(C)cc2s1. The Kier molecular flexibility index (Phi) is 7.10. The zero-order chi connectivity index (χ0) is 20.1. The Morgan fingerprint density at radius 3 is 2.68 bits per heavy atom. The molecule has 0 aliphatic heterocycles. The Bertz CT molecular complexity index is 952. The molecule has 0 aliphatic carbocycles. The van der Waals surface area contributed by atoms with E-state index in [1.54, 1.807) is 23.1 Å². The van der Waals surface area contributed by atoms with Crippen LogP contribution >= 0.6 is 23.1 Å². The van der Waals surface area contributed by atoms with Crippen LogP contribution in [0.5, 0.6) is 0 Å². The van der Waals surface area contributed by atoms with Gasteiger partial charge in [0.1, 0.15) is 0 Å². The van der Waals surface area contributed by atoms with E-state index in [2.05, 4.69) is 45.0 Å². The van der Waals surface area contributed by atoms with Crippen LogP contribution in [0.1, 0.15) is 29.3 Å². The molecule has 0 radical (unpaired) electrons. The number of amides is 1. The fraction of sp³-hybridized carbons (Fsp3) is 0.364. The highest BCUT2D eigenvalue weighted by atomic mass is 32.2.